The number of halogens is 2. The summed E-state index contributed by atoms with van der Waals surface area (Å²) in [6, 6.07) is 4.85. The van der Waals surface area contributed by atoms with Crippen LogP contribution in [0.3, 0.4) is 0 Å². The van der Waals surface area contributed by atoms with E-state index in [1.165, 1.54) is 12.5 Å². The van der Waals surface area contributed by atoms with Gasteiger partial charge < -0.3 is 4.74 Å². The second-order valence-corrected chi connectivity index (χ2v) is 5.55. The van der Waals surface area contributed by atoms with E-state index in [9.17, 15) is 4.39 Å². The number of hydrogen-bond donors (Lipinski definition) is 1. The Morgan fingerprint density at radius 1 is 1.44 bits per heavy atom. The first-order valence-electron chi connectivity index (χ1n) is 5.34. The van der Waals surface area contributed by atoms with E-state index in [2.05, 4.69) is 28.6 Å². The fourth-order valence-electron chi connectivity index (χ4n) is 1.83. The van der Waals surface area contributed by atoms with Gasteiger partial charge in [0, 0.05) is 11.5 Å². The van der Waals surface area contributed by atoms with E-state index < -0.39 is 0 Å². The average Bonchev–Trinajstić information content (AvgIpc) is 2.22. The van der Waals surface area contributed by atoms with Crippen LogP contribution in [-0.4, -0.2) is 12.4 Å². The Balaban J connectivity index is 1.96. The summed E-state index contributed by atoms with van der Waals surface area (Å²) < 4.78 is 19.3. The van der Waals surface area contributed by atoms with Crippen LogP contribution < -0.4 is 4.74 Å². The molecule has 1 aromatic rings. The van der Waals surface area contributed by atoms with E-state index in [1.54, 1.807) is 12.1 Å². The molecule has 0 bridgehead atoms. The maximum Gasteiger partial charge on any atom is 0.141 e. The summed E-state index contributed by atoms with van der Waals surface area (Å²) in [5.41, 5.74) is 0.215. The molecule has 0 unspecified atom stereocenters. The van der Waals surface area contributed by atoms with E-state index in [1.807, 2.05) is 0 Å². The van der Waals surface area contributed by atoms with E-state index in [4.69, 9.17) is 4.74 Å². The molecule has 0 aliphatic heterocycles. The van der Waals surface area contributed by atoms with Gasteiger partial charge in [-0.1, -0.05) is 6.42 Å². The van der Waals surface area contributed by atoms with Crippen LogP contribution in [0.1, 0.15) is 19.3 Å². The van der Waals surface area contributed by atoms with E-state index in [-0.39, 0.29) is 11.2 Å². The maximum absolute atomic E-state index is 13.2. The molecule has 0 saturated heterocycles. The van der Waals surface area contributed by atoms with Gasteiger partial charge in [0.05, 0.1) is 11.1 Å². The van der Waals surface area contributed by atoms with Gasteiger partial charge in [-0.25, -0.2) is 4.39 Å². The van der Waals surface area contributed by atoms with Crippen molar-refractivity contribution in [2.75, 3.05) is 12.4 Å². The second kappa shape index (κ2) is 4.96. The topological polar surface area (TPSA) is 9.23 Å². The van der Waals surface area contributed by atoms with Crippen molar-refractivity contribution in [3.63, 3.8) is 0 Å². The number of rotatable bonds is 4. The molecule has 2 rings (SSSR count). The fraction of sp³-hybridized carbons (Fsp3) is 0.500. The summed E-state index contributed by atoms with van der Waals surface area (Å²) in [6.07, 6.45) is 3.57. The molecule has 0 amide bonds. The van der Waals surface area contributed by atoms with Gasteiger partial charge in [-0.05, 0) is 46.7 Å². The molecule has 1 aliphatic carbocycles. The van der Waals surface area contributed by atoms with Gasteiger partial charge in [0.1, 0.15) is 11.6 Å². The van der Waals surface area contributed by atoms with Gasteiger partial charge in [-0.3, -0.25) is 0 Å². The molecule has 1 aliphatic rings. The summed E-state index contributed by atoms with van der Waals surface area (Å²) in [4.78, 5) is 0. The van der Waals surface area contributed by atoms with Crippen LogP contribution in [0.25, 0.3) is 0 Å². The van der Waals surface area contributed by atoms with Crippen molar-refractivity contribution < 1.29 is 9.13 Å². The van der Waals surface area contributed by atoms with Crippen molar-refractivity contribution in [1.29, 1.82) is 0 Å². The first kappa shape index (κ1) is 12.2. The Morgan fingerprint density at radius 2 is 2.19 bits per heavy atom. The zero-order chi connectivity index (χ0) is 11.6. The summed E-state index contributed by atoms with van der Waals surface area (Å²) in [7, 11) is 0. The molecule has 88 valence electrons. The van der Waals surface area contributed by atoms with Crippen molar-refractivity contribution in [3.8, 4) is 5.75 Å². The van der Waals surface area contributed by atoms with Crippen LogP contribution >= 0.6 is 28.6 Å². The lowest BCUT2D eigenvalue weighted by molar-refractivity contribution is 0.0827. The van der Waals surface area contributed by atoms with Crippen LogP contribution in [0, 0.1) is 11.2 Å². The average molecular weight is 305 g/mol. The monoisotopic (exact) mass is 304 g/mol. The molecule has 1 nitrogen and oxygen atoms in total. The Kier molecular flexibility index (Phi) is 3.80. The van der Waals surface area contributed by atoms with Gasteiger partial charge in [0.2, 0.25) is 0 Å². The minimum Gasteiger partial charge on any atom is -0.493 e. The van der Waals surface area contributed by atoms with Gasteiger partial charge in [-0.2, -0.15) is 12.6 Å². The third kappa shape index (κ3) is 2.54. The quantitative estimate of drug-likeness (QED) is 0.825. The van der Waals surface area contributed by atoms with Gasteiger partial charge in [0.15, 0.2) is 0 Å². The van der Waals surface area contributed by atoms with E-state index in [0.717, 1.165) is 18.6 Å². The summed E-state index contributed by atoms with van der Waals surface area (Å²) >= 11 is 7.47. The third-order valence-electron chi connectivity index (χ3n) is 3.19. The van der Waals surface area contributed by atoms with E-state index >= 15 is 0 Å². The van der Waals surface area contributed by atoms with Crippen molar-refractivity contribution in [2.24, 2.45) is 5.41 Å². The van der Waals surface area contributed by atoms with Crippen LogP contribution in [0.2, 0.25) is 0 Å². The number of ether oxygens (including phenoxy) is 1. The first-order valence-corrected chi connectivity index (χ1v) is 6.76. The predicted octanol–water partition coefficient (Wildman–Crippen LogP) is 4.07. The molecule has 0 heterocycles. The molecular weight excluding hydrogens is 291 g/mol. The lowest BCUT2D eigenvalue weighted by atomic mass is 9.71. The molecule has 0 N–H and O–H groups in total. The Labute approximate surface area is 109 Å². The second-order valence-electron chi connectivity index (χ2n) is 4.38. The standard InChI is InChI=1S/C12H14BrFOS/c13-10-3-2-9(6-11(10)14)15-7-12(8-16)4-1-5-12/h2-3,6,16H,1,4-5,7-8H2. The summed E-state index contributed by atoms with van der Waals surface area (Å²) in [5.74, 6) is 1.14. The normalized spacial score (nSPS) is 17.9. The minimum absolute atomic E-state index is 0.215. The van der Waals surface area contributed by atoms with E-state index in [0.29, 0.717) is 16.8 Å². The third-order valence-corrected chi connectivity index (χ3v) is 4.50. The Bertz CT molecular complexity index is 374. The number of benzene rings is 1. The molecule has 0 atom stereocenters. The highest BCUT2D eigenvalue weighted by Gasteiger charge is 2.36. The fourth-order valence-corrected chi connectivity index (χ4v) is 2.48. The predicted molar refractivity (Wildman–Crippen MR) is 69.7 cm³/mol. The van der Waals surface area contributed by atoms with Crippen LogP contribution in [0.4, 0.5) is 4.39 Å². The highest BCUT2D eigenvalue weighted by molar-refractivity contribution is 9.10. The number of thiol groups is 1. The Hall–Kier alpha value is -0.220. The number of hydrogen-bond acceptors (Lipinski definition) is 2. The van der Waals surface area contributed by atoms with Gasteiger partial charge in [0.25, 0.3) is 0 Å². The van der Waals surface area contributed by atoms with Crippen LogP contribution in [-0.2, 0) is 0 Å². The molecule has 1 aromatic carbocycles. The van der Waals surface area contributed by atoms with Gasteiger partial charge >= 0.3 is 0 Å². The maximum atomic E-state index is 13.2. The highest BCUT2D eigenvalue weighted by Crippen LogP contribution is 2.42. The van der Waals surface area contributed by atoms with Crippen molar-refractivity contribution >= 4 is 28.6 Å². The minimum atomic E-state index is -0.286. The van der Waals surface area contributed by atoms with Crippen LogP contribution in [0.15, 0.2) is 22.7 Å². The van der Waals surface area contributed by atoms with Crippen molar-refractivity contribution in [2.45, 2.75) is 19.3 Å². The largest absolute Gasteiger partial charge is 0.493 e. The zero-order valence-corrected chi connectivity index (χ0v) is 11.4. The molecule has 0 radical (unpaired) electrons. The van der Waals surface area contributed by atoms with Crippen molar-refractivity contribution in [1.82, 2.24) is 0 Å². The molecule has 1 saturated carbocycles. The van der Waals surface area contributed by atoms with Crippen molar-refractivity contribution in [3.05, 3.63) is 28.5 Å². The lowest BCUT2D eigenvalue weighted by Crippen LogP contribution is -2.37. The van der Waals surface area contributed by atoms with Gasteiger partial charge in [-0.15, -0.1) is 0 Å². The molecule has 0 spiro atoms. The summed E-state index contributed by atoms with van der Waals surface area (Å²) in [5, 5.41) is 0. The molecule has 4 heteroatoms. The zero-order valence-electron chi connectivity index (χ0n) is 8.88. The lowest BCUT2D eigenvalue weighted by Gasteiger charge is -2.40. The Morgan fingerprint density at radius 3 is 2.69 bits per heavy atom. The molecule has 0 aromatic heterocycles. The first-order chi connectivity index (χ1) is 7.65. The summed E-state index contributed by atoms with van der Waals surface area (Å²) in [6.45, 7) is 0.636. The SMILES string of the molecule is Fc1cc(OCC2(CS)CCC2)ccc1Br. The van der Waals surface area contributed by atoms with Crippen LogP contribution in [0.5, 0.6) is 5.75 Å². The molecular formula is C12H14BrFOS. The smallest absolute Gasteiger partial charge is 0.141 e. The molecule has 1 fully saturated rings. The highest BCUT2D eigenvalue weighted by atomic mass is 79.9. The molecule has 16 heavy (non-hydrogen) atoms.